The molecule has 0 bridgehead atoms. The highest BCUT2D eigenvalue weighted by molar-refractivity contribution is 14.1. The molecule has 1 aliphatic heterocycles. The molecule has 0 aliphatic carbocycles. The fourth-order valence-electron chi connectivity index (χ4n) is 3.22. The van der Waals surface area contributed by atoms with Crippen LogP contribution in [0.3, 0.4) is 0 Å². The highest BCUT2D eigenvalue weighted by Gasteiger charge is 2.33. The van der Waals surface area contributed by atoms with E-state index in [0.29, 0.717) is 12.4 Å². The van der Waals surface area contributed by atoms with Crippen LogP contribution in [0.5, 0.6) is 5.75 Å². The summed E-state index contributed by atoms with van der Waals surface area (Å²) in [5, 5.41) is 2.68. The quantitative estimate of drug-likeness (QED) is 0.272. The van der Waals surface area contributed by atoms with Crippen LogP contribution in [0.1, 0.15) is 22.3 Å². The van der Waals surface area contributed by atoms with Gasteiger partial charge in [0, 0.05) is 9.13 Å². The van der Waals surface area contributed by atoms with E-state index >= 15 is 0 Å². The van der Waals surface area contributed by atoms with Crippen molar-refractivity contribution in [2.75, 3.05) is 0 Å². The van der Waals surface area contributed by atoms with Crippen molar-refractivity contribution in [3.63, 3.8) is 0 Å². The van der Waals surface area contributed by atoms with E-state index in [0.717, 1.165) is 25.8 Å². The number of urea groups is 1. The molecule has 1 heterocycles. The van der Waals surface area contributed by atoms with E-state index in [-0.39, 0.29) is 18.1 Å². The molecule has 0 radical (unpaired) electrons. The Morgan fingerprint density at radius 2 is 1.61 bits per heavy atom. The topological polar surface area (TPSA) is 58.6 Å². The van der Waals surface area contributed by atoms with Gasteiger partial charge in [-0.2, -0.15) is 0 Å². The number of nitrogens with zero attached hydrogens (tertiary/aromatic N) is 1. The lowest BCUT2D eigenvalue weighted by Crippen LogP contribution is -2.30. The zero-order chi connectivity index (χ0) is 21.8. The summed E-state index contributed by atoms with van der Waals surface area (Å²) in [6.45, 7) is 2.64. The van der Waals surface area contributed by atoms with E-state index in [1.807, 2.05) is 79.7 Å². The molecule has 3 amide bonds. The van der Waals surface area contributed by atoms with Gasteiger partial charge in [0.1, 0.15) is 18.1 Å². The molecule has 0 spiro atoms. The first-order valence-electron chi connectivity index (χ1n) is 9.86. The molecule has 0 aromatic heterocycles. The minimum Gasteiger partial charge on any atom is -0.488 e. The Kier molecular flexibility index (Phi) is 6.36. The fourth-order valence-corrected chi connectivity index (χ4v) is 3.58. The molecule has 3 aromatic rings. The summed E-state index contributed by atoms with van der Waals surface area (Å²) in [5.74, 6) is 0.297. The summed E-state index contributed by atoms with van der Waals surface area (Å²) in [7, 11) is 0. The lowest BCUT2D eigenvalue weighted by molar-refractivity contribution is -0.123. The lowest BCUT2D eigenvalue weighted by atomic mass is 10.1. The largest absolute Gasteiger partial charge is 0.488 e. The first-order chi connectivity index (χ1) is 15.0. The standard InChI is InChI=1S/C25H21IN2O3/c1-17-6-8-18(9-7-17)15-28-24(29)22(27-25(28)30)14-20-4-2-3-5-23(20)31-16-19-10-12-21(26)13-11-19/h2-14H,15-16H2,1H3,(H,27,30)/b22-14+. The number of para-hydroxylation sites is 1. The van der Waals surface area contributed by atoms with E-state index in [2.05, 4.69) is 27.9 Å². The van der Waals surface area contributed by atoms with Gasteiger partial charge in [-0.3, -0.25) is 9.69 Å². The summed E-state index contributed by atoms with van der Waals surface area (Å²) < 4.78 is 7.15. The van der Waals surface area contributed by atoms with Gasteiger partial charge in [0.25, 0.3) is 5.91 Å². The molecule has 31 heavy (non-hydrogen) atoms. The van der Waals surface area contributed by atoms with Crippen LogP contribution in [-0.2, 0) is 17.9 Å². The van der Waals surface area contributed by atoms with Crippen molar-refractivity contribution in [1.29, 1.82) is 0 Å². The summed E-state index contributed by atoms with van der Waals surface area (Å²) >= 11 is 2.26. The number of hydrogen-bond donors (Lipinski definition) is 1. The molecule has 0 unspecified atom stereocenters. The van der Waals surface area contributed by atoms with Crippen molar-refractivity contribution in [2.45, 2.75) is 20.1 Å². The van der Waals surface area contributed by atoms with Crippen molar-refractivity contribution in [3.05, 3.63) is 104 Å². The van der Waals surface area contributed by atoms with Gasteiger partial charge in [0.2, 0.25) is 0 Å². The Labute approximate surface area is 194 Å². The minimum atomic E-state index is -0.422. The maximum Gasteiger partial charge on any atom is 0.329 e. The third kappa shape index (κ3) is 5.14. The van der Waals surface area contributed by atoms with Crippen LogP contribution < -0.4 is 10.1 Å². The summed E-state index contributed by atoms with van der Waals surface area (Å²) in [4.78, 5) is 26.5. The lowest BCUT2D eigenvalue weighted by Gasteiger charge is -2.12. The van der Waals surface area contributed by atoms with Crippen LogP contribution in [0.4, 0.5) is 4.79 Å². The van der Waals surface area contributed by atoms with Gasteiger partial charge in [0.05, 0.1) is 6.54 Å². The fraction of sp³-hybridized carbons (Fsp3) is 0.120. The number of nitrogens with one attached hydrogen (secondary N) is 1. The number of amides is 3. The third-order valence-corrected chi connectivity index (χ3v) is 5.67. The SMILES string of the molecule is Cc1ccc(CN2C(=O)N/C(=C/c3ccccc3OCc3ccc(I)cc3)C2=O)cc1. The van der Waals surface area contributed by atoms with Crippen LogP contribution in [0.2, 0.25) is 0 Å². The molecule has 1 aliphatic rings. The molecular weight excluding hydrogens is 503 g/mol. The Morgan fingerprint density at radius 3 is 2.35 bits per heavy atom. The predicted molar refractivity (Wildman–Crippen MR) is 128 cm³/mol. The van der Waals surface area contributed by atoms with Crippen LogP contribution in [-0.4, -0.2) is 16.8 Å². The smallest absolute Gasteiger partial charge is 0.329 e. The number of benzene rings is 3. The van der Waals surface area contributed by atoms with Crippen molar-refractivity contribution in [1.82, 2.24) is 10.2 Å². The molecule has 1 fully saturated rings. The Bertz CT molecular complexity index is 1140. The second kappa shape index (κ2) is 9.34. The maximum atomic E-state index is 12.8. The van der Waals surface area contributed by atoms with E-state index in [1.165, 1.54) is 4.90 Å². The molecule has 6 heteroatoms. The highest BCUT2D eigenvalue weighted by Crippen LogP contribution is 2.24. The zero-order valence-electron chi connectivity index (χ0n) is 17.0. The number of aryl methyl sites for hydroxylation is 1. The number of rotatable bonds is 6. The van der Waals surface area contributed by atoms with Gasteiger partial charge < -0.3 is 10.1 Å². The average molecular weight is 524 g/mol. The summed E-state index contributed by atoms with van der Waals surface area (Å²) in [5.41, 5.74) is 4.05. The molecule has 4 rings (SSSR count). The van der Waals surface area contributed by atoms with Crippen LogP contribution >= 0.6 is 22.6 Å². The second-order valence-corrected chi connectivity index (χ2v) is 8.56. The van der Waals surface area contributed by atoms with Gasteiger partial charge in [0.15, 0.2) is 0 Å². The van der Waals surface area contributed by atoms with Crippen molar-refractivity contribution >= 4 is 40.6 Å². The summed E-state index contributed by atoms with van der Waals surface area (Å²) in [6, 6.07) is 22.9. The van der Waals surface area contributed by atoms with Crippen molar-refractivity contribution in [3.8, 4) is 5.75 Å². The number of carbonyl (C=O) groups is 2. The molecule has 0 saturated carbocycles. The highest BCUT2D eigenvalue weighted by atomic mass is 127. The van der Waals surface area contributed by atoms with Crippen molar-refractivity contribution < 1.29 is 14.3 Å². The normalized spacial score (nSPS) is 14.8. The molecule has 1 N–H and O–H groups in total. The van der Waals surface area contributed by atoms with E-state index in [1.54, 1.807) is 6.08 Å². The monoisotopic (exact) mass is 524 g/mol. The number of imide groups is 1. The number of hydrogen-bond acceptors (Lipinski definition) is 3. The zero-order valence-corrected chi connectivity index (χ0v) is 19.1. The van der Waals surface area contributed by atoms with E-state index in [9.17, 15) is 9.59 Å². The van der Waals surface area contributed by atoms with Crippen LogP contribution in [0.15, 0.2) is 78.5 Å². The summed E-state index contributed by atoms with van der Waals surface area (Å²) in [6.07, 6.45) is 1.67. The van der Waals surface area contributed by atoms with E-state index < -0.39 is 6.03 Å². The minimum absolute atomic E-state index is 0.229. The predicted octanol–water partition coefficient (Wildman–Crippen LogP) is 5.27. The van der Waals surface area contributed by atoms with Gasteiger partial charge in [-0.15, -0.1) is 0 Å². The Morgan fingerprint density at radius 1 is 0.935 bits per heavy atom. The maximum absolute atomic E-state index is 12.8. The van der Waals surface area contributed by atoms with Crippen LogP contribution in [0, 0.1) is 10.5 Å². The van der Waals surface area contributed by atoms with Crippen molar-refractivity contribution in [2.24, 2.45) is 0 Å². The first kappa shape index (κ1) is 21.1. The number of ether oxygens (including phenoxy) is 1. The molecule has 0 atom stereocenters. The number of carbonyl (C=O) groups excluding carboxylic acids is 2. The number of halogens is 1. The van der Waals surface area contributed by atoms with Gasteiger partial charge in [-0.25, -0.2) is 4.79 Å². The Hall–Kier alpha value is -3.13. The van der Waals surface area contributed by atoms with E-state index in [4.69, 9.17) is 4.74 Å². The molecule has 3 aromatic carbocycles. The molecule has 156 valence electrons. The van der Waals surface area contributed by atoms with Crippen LogP contribution in [0.25, 0.3) is 6.08 Å². The average Bonchev–Trinajstić information content (AvgIpc) is 3.03. The van der Waals surface area contributed by atoms with Gasteiger partial charge >= 0.3 is 6.03 Å². The third-order valence-electron chi connectivity index (χ3n) is 4.95. The van der Waals surface area contributed by atoms with Gasteiger partial charge in [-0.1, -0.05) is 60.2 Å². The van der Waals surface area contributed by atoms with Gasteiger partial charge in [-0.05, 0) is 64.9 Å². The molecular formula is C25H21IN2O3. The Balaban J connectivity index is 1.50. The molecule has 5 nitrogen and oxygen atoms in total. The first-order valence-corrected chi connectivity index (χ1v) is 10.9. The second-order valence-electron chi connectivity index (χ2n) is 7.32. The molecule has 1 saturated heterocycles.